The van der Waals surface area contributed by atoms with Crippen molar-refractivity contribution in [3.05, 3.63) is 0 Å². The summed E-state index contributed by atoms with van der Waals surface area (Å²) in [5.74, 6) is -2.27. The van der Waals surface area contributed by atoms with Crippen molar-refractivity contribution < 1.29 is 24.0 Å². The van der Waals surface area contributed by atoms with Gasteiger partial charge in [0.1, 0.15) is 24.2 Å². The lowest BCUT2D eigenvalue weighted by Gasteiger charge is -2.27. The monoisotopic (exact) mass is 739 g/mol. The minimum atomic E-state index is -0.972. The Morgan fingerprint density at radius 2 is 1.02 bits per heavy atom. The maximum Gasteiger partial charge on any atom is 0.243 e. The van der Waals surface area contributed by atoms with E-state index in [2.05, 4.69) is 38.8 Å². The quantitative estimate of drug-likeness (QED) is 0.0275. The molecule has 0 spiro atoms. The van der Waals surface area contributed by atoms with Crippen LogP contribution < -0.4 is 49.1 Å². The predicted octanol–water partition coefficient (Wildman–Crippen LogP) is 2.16. The first-order chi connectivity index (χ1) is 24.9. The van der Waals surface area contributed by atoms with Crippen LogP contribution >= 0.6 is 0 Å². The van der Waals surface area contributed by atoms with Gasteiger partial charge in [0, 0.05) is 20.0 Å². The second kappa shape index (κ2) is 31.1. The number of hydrogen-bond donors (Lipinski definition) is 10. The highest BCUT2D eigenvalue weighted by Crippen LogP contribution is 2.12. The van der Waals surface area contributed by atoms with Crippen molar-refractivity contribution in [1.82, 2.24) is 31.9 Å². The van der Waals surface area contributed by atoms with Gasteiger partial charge in [-0.3, -0.25) is 29.4 Å². The summed E-state index contributed by atoms with van der Waals surface area (Å²) < 4.78 is 0. The van der Waals surface area contributed by atoms with Gasteiger partial charge in [0.25, 0.3) is 0 Å². The van der Waals surface area contributed by atoms with Crippen molar-refractivity contribution in [3.63, 3.8) is 0 Å². The molecule has 0 bridgehead atoms. The zero-order chi connectivity index (χ0) is 39.1. The molecule has 0 aliphatic heterocycles. The zero-order valence-corrected chi connectivity index (χ0v) is 32.7. The number of carbonyl (C=O) groups excluding carboxylic acids is 5. The second-order valence-electron chi connectivity index (χ2n) is 14.2. The summed E-state index contributed by atoms with van der Waals surface area (Å²) in [7, 11) is 1.47. The second-order valence-corrected chi connectivity index (χ2v) is 14.2. The van der Waals surface area contributed by atoms with Crippen LogP contribution in [0.5, 0.6) is 0 Å². The summed E-state index contributed by atoms with van der Waals surface area (Å²) in [5, 5.41) is 23.9. The Labute approximate surface area is 313 Å². The van der Waals surface area contributed by atoms with Gasteiger partial charge in [-0.25, -0.2) is 0 Å². The molecular weight excluding hydrogens is 664 g/mol. The third-order valence-electron chi connectivity index (χ3n) is 8.89. The third kappa shape index (κ3) is 24.7. The standard InChI is InChI=1S/C37H74N10O5/c1-5-6-7-8-9-10-11-12-13-22-32(48)44-29(19-14-16-23-38)34(50)46-30(20-15-17-24-39)35(51)47-31(26-27(2)3)36(52)45-28(33(49)42-4)21-18-25-43-37(40)41/h27-31H,5-26,38-39H2,1-4H3,(H,42,49)(H,44,48)(H,45,52)(H,46,50)(H,47,51)(H4,40,41,43)/t28-,29-,30-,31-/m0/s1. The summed E-state index contributed by atoms with van der Waals surface area (Å²) in [5.41, 5.74) is 16.8. The number of rotatable bonds is 32. The molecule has 0 unspecified atom stereocenters. The van der Waals surface area contributed by atoms with Crippen LogP contribution in [0, 0.1) is 11.3 Å². The lowest BCUT2D eigenvalue weighted by molar-refractivity contribution is -0.135. The fourth-order valence-corrected chi connectivity index (χ4v) is 5.88. The van der Waals surface area contributed by atoms with Crippen LogP contribution in [-0.2, 0) is 24.0 Å². The Balaban J connectivity index is 5.64. The molecule has 15 nitrogen and oxygen atoms in total. The number of amides is 5. The molecule has 0 aliphatic rings. The van der Waals surface area contributed by atoms with Crippen molar-refractivity contribution in [2.75, 3.05) is 26.7 Å². The van der Waals surface area contributed by atoms with Crippen LogP contribution in [0.2, 0.25) is 0 Å². The van der Waals surface area contributed by atoms with Crippen LogP contribution in [0.4, 0.5) is 0 Å². The number of carbonyl (C=O) groups is 5. The molecule has 0 heterocycles. The van der Waals surface area contributed by atoms with E-state index in [9.17, 15) is 24.0 Å². The number of hydrogen-bond acceptors (Lipinski definition) is 8. The number of likely N-dealkylation sites (N-methyl/N-ethyl adjacent to an activating group) is 1. The van der Waals surface area contributed by atoms with Gasteiger partial charge in [0.2, 0.25) is 29.5 Å². The largest absolute Gasteiger partial charge is 0.370 e. The van der Waals surface area contributed by atoms with Crippen LogP contribution in [0.1, 0.15) is 143 Å². The normalized spacial score (nSPS) is 13.4. The van der Waals surface area contributed by atoms with E-state index in [1.54, 1.807) is 0 Å². The van der Waals surface area contributed by atoms with Crippen molar-refractivity contribution in [2.24, 2.45) is 23.1 Å². The molecule has 4 atom stereocenters. The van der Waals surface area contributed by atoms with E-state index in [0.717, 1.165) is 25.7 Å². The van der Waals surface area contributed by atoms with Gasteiger partial charge >= 0.3 is 0 Å². The molecule has 0 saturated heterocycles. The van der Waals surface area contributed by atoms with Crippen LogP contribution in [0.3, 0.4) is 0 Å². The fraction of sp³-hybridized carbons (Fsp3) is 0.838. The zero-order valence-electron chi connectivity index (χ0n) is 32.7. The van der Waals surface area contributed by atoms with Gasteiger partial charge in [0.05, 0.1) is 0 Å². The van der Waals surface area contributed by atoms with E-state index >= 15 is 0 Å². The molecule has 0 aromatic heterocycles. The Kier molecular flexibility index (Phi) is 29.0. The molecule has 0 saturated carbocycles. The van der Waals surface area contributed by atoms with E-state index in [4.69, 9.17) is 22.6 Å². The van der Waals surface area contributed by atoms with E-state index in [-0.39, 0.29) is 30.6 Å². The molecule has 0 rings (SSSR count). The van der Waals surface area contributed by atoms with Gasteiger partial charge in [0.15, 0.2) is 5.96 Å². The number of nitrogens with one attached hydrogen (secondary N) is 7. The molecule has 0 radical (unpaired) electrons. The summed E-state index contributed by atoms with van der Waals surface area (Å²) in [6.07, 6.45) is 14.8. The average molecular weight is 739 g/mol. The highest BCUT2D eigenvalue weighted by molar-refractivity contribution is 5.95. The van der Waals surface area contributed by atoms with Crippen molar-refractivity contribution in [1.29, 1.82) is 5.41 Å². The minimum absolute atomic E-state index is 0.0208. The Bertz CT molecular complexity index is 1030. The first kappa shape index (κ1) is 48.5. The molecule has 0 aromatic carbocycles. The number of nitrogens with two attached hydrogens (primary N) is 3. The SMILES string of the molecule is CCCCCCCCCCCC(=O)N[C@@H](CCCCN)C(=O)N[C@@H](CCCCN)C(=O)N[C@@H](CC(C)C)C(=O)N[C@@H](CCCNC(=N)N)C(=O)NC. The van der Waals surface area contributed by atoms with Crippen LogP contribution in [0.15, 0.2) is 0 Å². The topological polar surface area (TPSA) is 259 Å². The molecule has 0 aromatic rings. The van der Waals surface area contributed by atoms with Gasteiger partial charge in [-0.15, -0.1) is 0 Å². The molecule has 0 aliphatic carbocycles. The third-order valence-corrected chi connectivity index (χ3v) is 8.89. The van der Waals surface area contributed by atoms with E-state index in [1.807, 2.05) is 13.8 Å². The molecular formula is C37H74N10O5. The lowest BCUT2D eigenvalue weighted by atomic mass is 10.0. The van der Waals surface area contributed by atoms with E-state index in [1.165, 1.54) is 39.2 Å². The van der Waals surface area contributed by atoms with E-state index < -0.39 is 47.8 Å². The Hall–Kier alpha value is -3.46. The number of unbranched alkanes of at least 4 members (excludes halogenated alkanes) is 10. The summed E-state index contributed by atoms with van der Waals surface area (Å²) in [6, 6.07) is -3.64. The average Bonchev–Trinajstić information content (AvgIpc) is 3.10. The molecule has 15 heteroatoms. The highest BCUT2D eigenvalue weighted by Gasteiger charge is 2.31. The minimum Gasteiger partial charge on any atom is -0.370 e. The number of guanidine groups is 1. The maximum atomic E-state index is 13.8. The summed E-state index contributed by atoms with van der Waals surface area (Å²) >= 11 is 0. The maximum absolute atomic E-state index is 13.8. The molecule has 52 heavy (non-hydrogen) atoms. The lowest BCUT2D eigenvalue weighted by Crippen LogP contribution is -2.58. The van der Waals surface area contributed by atoms with Gasteiger partial charge < -0.3 is 49.1 Å². The Morgan fingerprint density at radius 1 is 0.577 bits per heavy atom. The van der Waals surface area contributed by atoms with Crippen LogP contribution in [0.25, 0.3) is 0 Å². The smallest absolute Gasteiger partial charge is 0.243 e. The first-order valence-electron chi connectivity index (χ1n) is 19.8. The molecule has 13 N–H and O–H groups in total. The summed E-state index contributed by atoms with van der Waals surface area (Å²) in [4.78, 5) is 66.5. The van der Waals surface area contributed by atoms with Crippen molar-refractivity contribution in [3.8, 4) is 0 Å². The first-order valence-corrected chi connectivity index (χ1v) is 19.8. The van der Waals surface area contributed by atoms with Gasteiger partial charge in [-0.05, 0) is 83.2 Å². The van der Waals surface area contributed by atoms with Gasteiger partial charge in [-0.2, -0.15) is 0 Å². The molecule has 302 valence electrons. The van der Waals surface area contributed by atoms with E-state index in [0.29, 0.717) is 71.0 Å². The van der Waals surface area contributed by atoms with Gasteiger partial charge in [-0.1, -0.05) is 72.1 Å². The molecule has 5 amide bonds. The fourth-order valence-electron chi connectivity index (χ4n) is 5.88. The van der Waals surface area contributed by atoms with Crippen molar-refractivity contribution in [2.45, 2.75) is 167 Å². The molecule has 0 fully saturated rings. The van der Waals surface area contributed by atoms with Crippen molar-refractivity contribution >= 4 is 35.5 Å². The highest BCUT2D eigenvalue weighted by atomic mass is 16.2. The predicted molar refractivity (Wildman–Crippen MR) is 208 cm³/mol. The Morgan fingerprint density at radius 3 is 1.50 bits per heavy atom. The van der Waals surface area contributed by atoms with Crippen LogP contribution in [-0.4, -0.2) is 86.3 Å². The summed E-state index contributed by atoms with van der Waals surface area (Å²) in [6.45, 7) is 7.26.